The molecule has 2 aromatic rings. The number of pyridine rings is 1. The van der Waals surface area contributed by atoms with Crippen molar-refractivity contribution in [3.8, 4) is 16.9 Å². The summed E-state index contributed by atoms with van der Waals surface area (Å²) in [5.74, 6) is 0.472. The molecule has 0 bridgehead atoms. The number of aromatic nitrogens is 1. The van der Waals surface area contributed by atoms with E-state index in [0.29, 0.717) is 34.4 Å². The first-order valence-corrected chi connectivity index (χ1v) is 9.80. The van der Waals surface area contributed by atoms with E-state index in [4.69, 9.17) is 22.1 Å². The van der Waals surface area contributed by atoms with Crippen LogP contribution in [0, 0.1) is 6.92 Å². The van der Waals surface area contributed by atoms with Gasteiger partial charge in [-0.25, -0.2) is 0 Å². The minimum atomic E-state index is -0.739. The number of methoxy groups -OCH3 is 1. The van der Waals surface area contributed by atoms with E-state index in [1.807, 2.05) is 13.0 Å². The van der Waals surface area contributed by atoms with E-state index in [1.54, 1.807) is 30.6 Å². The van der Waals surface area contributed by atoms with Crippen molar-refractivity contribution < 1.29 is 9.53 Å². The lowest BCUT2D eigenvalue weighted by Crippen LogP contribution is -2.26. The summed E-state index contributed by atoms with van der Waals surface area (Å²) < 4.78 is 6.84. The minimum absolute atomic E-state index is 0.207. The third kappa shape index (κ3) is 5.15. The second kappa shape index (κ2) is 9.09. The van der Waals surface area contributed by atoms with Gasteiger partial charge in [-0.05, 0) is 49.1 Å². The highest BCUT2D eigenvalue weighted by molar-refractivity contribution is 6.30. The average Bonchev–Trinajstić information content (AvgIpc) is 3.52. The van der Waals surface area contributed by atoms with Gasteiger partial charge in [0.1, 0.15) is 12.0 Å². The predicted molar refractivity (Wildman–Crippen MR) is 116 cm³/mol. The number of carbonyl (C=O) groups is 1. The van der Waals surface area contributed by atoms with Gasteiger partial charge in [0.25, 0.3) is 5.56 Å². The molecule has 1 atom stereocenters. The van der Waals surface area contributed by atoms with Crippen LogP contribution in [0.25, 0.3) is 11.1 Å². The number of hydrogen-bond acceptors (Lipinski definition) is 5. The zero-order chi connectivity index (χ0) is 21.0. The van der Waals surface area contributed by atoms with Crippen molar-refractivity contribution in [3.05, 3.63) is 63.2 Å². The maximum atomic E-state index is 12.8. The van der Waals surface area contributed by atoms with Gasteiger partial charge < -0.3 is 19.8 Å². The molecule has 1 aromatic carbocycles. The summed E-state index contributed by atoms with van der Waals surface area (Å²) in [6, 6.07) is 6.58. The Hall–Kier alpha value is -2.86. The Labute approximate surface area is 174 Å². The molecule has 0 aliphatic heterocycles. The third-order valence-corrected chi connectivity index (χ3v) is 5.08. The molecule has 7 heteroatoms. The zero-order valence-corrected chi connectivity index (χ0v) is 17.2. The lowest BCUT2D eigenvalue weighted by Gasteiger charge is -2.18. The molecular formula is C22H24ClN3O3. The van der Waals surface area contributed by atoms with Crippen molar-refractivity contribution in [2.24, 2.45) is 10.7 Å². The molecule has 0 radical (unpaired) electrons. The number of halogens is 1. The molecule has 1 aliphatic rings. The molecule has 29 heavy (non-hydrogen) atoms. The molecular weight excluding hydrogens is 390 g/mol. The number of nitrogens with zero attached hydrogens (tertiary/aromatic N) is 2. The van der Waals surface area contributed by atoms with Crippen LogP contribution in [0.4, 0.5) is 0 Å². The van der Waals surface area contributed by atoms with Gasteiger partial charge in [-0.15, -0.1) is 0 Å². The normalized spacial score (nSPS) is 15.5. The maximum Gasteiger partial charge on any atom is 0.252 e. The summed E-state index contributed by atoms with van der Waals surface area (Å²) in [4.78, 5) is 28.8. The number of aryl methyl sites for hydroxylation is 1. The molecule has 1 unspecified atom stereocenters. The quantitative estimate of drug-likeness (QED) is 0.528. The van der Waals surface area contributed by atoms with Crippen molar-refractivity contribution in [2.45, 2.75) is 38.3 Å². The van der Waals surface area contributed by atoms with E-state index < -0.39 is 6.04 Å². The molecule has 6 nitrogen and oxygen atoms in total. The molecule has 0 spiro atoms. The Morgan fingerprint density at radius 2 is 2.14 bits per heavy atom. The fourth-order valence-corrected chi connectivity index (χ4v) is 3.22. The Morgan fingerprint density at radius 1 is 1.38 bits per heavy atom. The summed E-state index contributed by atoms with van der Waals surface area (Å²) in [6.07, 6.45) is 8.03. The van der Waals surface area contributed by atoms with Gasteiger partial charge in [-0.1, -0.05) is 17.7 Å². The van der Waals surface area contributed by atoms with Crippen molar-refractivity contribution in [1.29, 1.82) is 0 Å². The van der Waals surface area contributed by atoms with Crippen LogP contribution in [0.15, 0.2) is 52.0 Å². The van der Waals surface area contributed by atoms with E-state index >= 15 is 0 Å². The first-order valence-electron chi connectivity index (χ1n) is 9.42. The van der Waals surface area contributed by atoms with Crippen molar-refractivity contribution >= 4 is 24.1 Å². The molecule has 0 saturated heterocycles. The number of aldehydes is 1. The van der Waals surface area contributed by atoms with Gasteiger partial charge >= 0.3 is 0 Å². The van der Waals surface area contributed by atoms with Crippen LogP contribution in [-0.4, -0.2) is 30.2 Å². The number of aliphatic imine (C=N–C) groups is 1. The van der Waals surface area contributed by atoms with Crippen molar-refractivity contribution in [3.63, 3.8) is 0 Å². The van der Waals surface area contributed by atoms with E-state index in [0.717, 1.165) is 24.0 Å². The van der Waals surface area contributed by atoms with E-state index in [-0.39, 0.29) is 12.0 Å². The van der Waals surface area contributed by atoms with Gasteiger partial charge in [-0.3, -0.25) is 9.79 Å². The SMILES string of the molecule is COc1cn(C(C=O)CC(N)=CC=NC2CC2)c(=O)cc1-c1cc(Cl)ccc1C. The Balaban J connectivity index is 1.93. The number of allylic oxidation sites excluding steroid dienone is 2. The number of rotatable bonds is 8. The third-order valence-electron chi connectivity index (χ3n) is 4.85. The second-order valence-corrected chi connectivity index (χ2v) is 7.58. The summed E-state index contributed by atoms with van der Waals surface area (Å²) >= 11 is 6.13. The topological polar surface area (TPSA) is 86.7 Å². The molecule has 3 rings (SSSR count). The average molecular weight is 414 g/mol. The van der Waals surface area contributed by atoms with Crippen LogP contribution in [0.3, 0.4) is 0 Å². The van der Waals surface area contributed by atoms with Gasteiger partial charge in [0, 0.05) is 35.0 Å². The van der Waals surface area contributed by atoms with Gasteiger partial charge in [-0.2, -0.15) is 0 Å². The first-order chi connectivity index (χ1) is 13.9. The van der Waals surface area contributed by atoms with Crippen LogP contribution >= 0.6 is 11.6 Å². The highest BCUT2D eigenvalue weighted by Crippen LogP contribution is 2.33. The predicted octanol–water partition coefficient (Wildman–Crippen LogP) is 3.69. The van der Waals surface area contributed by atoms with E-state index in [2.05, 4.69) is 4.99 Å². The van der Waals surface area contributed by atoms with Crippen molar-refractivity contribution in [2.75, 3.05) is 7.11 Å². The van der Waals surface area contributed by atoms with Gasteiger partial charge in [0.15, 0.2) is 0 Å². The fourth-order valence-electron chi connectivity index (χ4n) is 3.05. The smallest absolute Gasteiger partial charge is 0.252 e. The molecule has 1 heterocycles. The largest absolute Gasteiger partial charge is 0.495 e. The highest BCUT2D eigenvalue weighted by atomic mass is 35.5. The number of benzene rings is 1. The molecule has 2 N–H and O–H groups in total. The second-order valence-electron chi connectivity index (χ2n) is 7.14. The minimum Gasteiger partial charge on any atom is -0.495 e. The Kier molecular flexibility index (Phi) is 6.54. The van der Waals surface area contributed by atoms with Crippen LogP contribution < -0.4 is 16.0 Å². The number of ether oxygens (including phenoxy) is 1. The molecule has 0 amide bonds. The summed E-state index contributed by atoms with van der Waals surface area (Å²) in [5, 5.41) is 0.563. The molecule has 1 saturated carbocycles. The first kappa shape index (κ1) is 20.9. The summed E-state index contributed by atoms with van der Waals surface area (Å²) in [6.45, 7) is 1.93. The lowest BCUT2D eigenvalue weighted by atomic mass is 10.0. The summed E-state index contributed by atoms with van der Waals surface area (Å²) in [5.41, 5.74) is 8.56. The van der Waals surface area contributed by atoms with Crippen LogP contribution in [0.2, 0.25) is 5.02 Å². The highest BCUT2D eigenvalue weighted by Gasteiger charge is 2.19. The number of nitrogens with two attached hydrogens (primary N) is 1. The number of hydrogen-bond donors (Lipinski definition) is 1. The van der Waals surface area contributed by atoms with Crippen LogP contribution in [0.5, 0.6) is 5.75 Å². The Bertz CT molecular complexity index is 1020. The summed E-state index contributed by atoms with van der Waals surface area (Å²) in [7, 11) is 1.52. The number of carbonyl (C=O) groups excluding carboxylic acids is 1. The standard InChI is InChI=1S/C22H24ClN3O3/c1-14-3-4-15(23)9-19(14)20-11-22(28)26(12-21(20)29-2)18(13-27)10-16(24)7-8-25-17-5-6-17/h3-4,7-9,11-13,17-18H,5-6,10,24H2,1-2H3. The van der Waals surface area contributed by atoms with Gasteiger partial charge in [0.05, 0.1) is 25.4 Å². The monoisotopic (exact) mass is 413 g/mol. The lowest BCUT2D eigenvalue weighted by molar-refractivity contribution is -0.110. The molecule has 1 fully saturated rings. The van der Waals surface area contributed by atoms with E-state index in [9.17, 15) is 9.59 Å². The zero-order valence-electron chi connectivity index (χ0n) is 16.5. The van der Waals surface area contributed by atoms with Crippen molar-refractivity contribution in [1.82, 2.24) is 4.57 Å². The molecule has 1 aromatic heterocycles. The van der Waals surface area contributed by atoms with Crippen LogP contribution in [0.1, 0.15) is 30.9 Å². The maximum absolute atomic E-state index is 12.8. The van der Waals surface area contributed by atoms with Gasteiger partial charge in [0.2, 0.25) is 0 Å². The fraction of sp³-hybridized carbons (Fsp3) is 0.318. The van der Waals surface area contributed by atoms with Crippen LogP contribution in [-0.2, 0) is 4.79 Å². The van der Waals surface area contributed by atoms with E-state index in [1.165, 1.54) is 17.7 Å². The Morgan fingerprint density at radius 3 is 2.79 bits per heavy atom. The molecule has 1 aliphatic carbocycles. The molecule has 152 valence electrons.